The molecular formula is C34H36F4N6O2S. The van der Waals surface area contributed by atoms with Crippen LogP contribution in [0.1, 0.15) is 50.7 Å². The Morgan fingerprint density at radius 1 is 1.06 bits per heavy atom. The van der Waals surface area contributed by atoms with Crippen molar-refractivity contribution in [2.75, 3.05) is 23.7 Å². The Bertz CT molecular complexity index is 1690. The van der Waals surface area contributed by atoms with Crippen LogP contribution in [0.2, 0.25) is 0 Å². The van der Waals surface area contributed by atoms with E-state index in [4.69, 9.17) is 0 Å². The van der Waals surface area contributed by atoms with Crippen molar-refractivity contribution in [3.8, 4) is 22.8 Å². The van der Waals surface area contributed by atoms with Crippen LogP contribution in [0, 0.1) is 11.7 Å². The summed E-state index contributed by atoms with van der Waals surface area (Å²) in [7, 11) is 0. The lowest BCUT2D eigenvalue weighted by Gasteiger charge is -2.32. The van der Waals surface area contributed by atoms with Gasteiger partial charge in [-0.2, -0.15) is 4.99 Å². The third-order valence-electron chi connectivity index (χ3n) is 7.62. The first kappa shape index (κ1) is 34.0. The Labute approximate surface area is 275 Å². The van der Waals surface area contributed by atoms with Crippen molar-refractivity contribution in [1.29, 1.82) is 0 Å². The zero-order valence-electron chi connectivity index (χ0n) is 26.3. The number of benzene rings is 3. The van der Waals surface area contributed by atoms with Gasteiger partial charge >= 0.3 is 12.4 Å². The standard InChI is InChI=1S/C34H36F4N6O2S/c1-22(2)29-20-26(35)9-14-30(29)43-17-4-18-47-33(43)41-32(45)39-16-15-23(3)19-24-5-7-25(8-6-24)31-40-21-44(42-31)27-10-12-28(13-11-27)46-34(36,37)38/h5-14,20-23H,4,15-19H2,1-3H3,(H,39,45)/b41-33-. The highest BCUT2D eigenvalue weighted by Gasteiger charge is 2.31. The Kier molecular flexibility index (Phi) is 10.8. The highest BCUT2D eigenvalue weighted by Crippen LogP contribution is 2.33. The van der Waals surface area contributed by atoms with Gasteiger partial charge in [0.05, 0.1) is 5.69 Å². The smallest absolute Gasteiger partial charge is 0.406 e. The number of hydrogen-bond donors (Lipinski definition) is 1. The van der Waals surface area contributed by atoms with Crippen molar-refractivity contribution in [2.45, 2.75) is 52.3 Å². The first-order chi connectivity index (χ1) is 22.4. The van der Waals surface area contributed by atoms with Gasteiger partial charge in [-0.3, -0.25) is 0 Å². The number of rotatable bonds is 10. The molecule has 0 aliphatic carbocycles. The molecule has 0 saturated carbocycles. The number of anilines is 1. The first-order valence-corrected chi connectivity index (χ1v) is 16.4. The molecule has 1 atom stereocenters. The van der Waals surface area contributed by atoms with E-state index in [0.29, 0.717) is 29.1 Å². The van der Waals surface area contributed by atoms with E-state index in [-0.39, 0.29) is 23.5 Å². The molecular weight excluding hydrogens is 632 g/mol. The summed E-state index contributed by atoms with van der Waals surface area (Å²) in [5.74, 6) is 1.19. The first-order valence-electron chi connectivity index (χ1n) is 15.4. The van der Waals surface area contributed by atoms with Gasteiger partial charge in [0.1, 0.15) is 17.9 Å². The molecule has 1 unspecified atom stereocenters. The molecule has 2 heterocycles. The number of thioether (sulfide) groups is 1. The Morgan fingerprint density at radius 2 is 1.81 bits per heavy atom. The second-order valence-electron chi connectivity index (χ2n) is 11.7. The average molecular weight is 669 g/mol. The predicted octanol–water partition coefficient (Wildman–Crippen LogP) is 8.37. The molecule has 1 fully saturated rings. The maximum absolute atomic E-state index is 14.0. The van der Waals surface area contributed by atoms with Gasteiger partial charge in [-0.1, -0.05) is 56.8 Å². The fraction of sp³-hybridized carbons (Fsp3) is 0.353. The minimum absolute atomic E-state index is 0.125. The van der Waals surface area contributed by atoms with Crippen LogP contribution in [0.3, 0.4) is 0 Å². The third kappa shape index (κ3) is 9.34. The molecule has 0 radical (unpaired) electrons. The number of carbonyl (C=O) groups excluding carboxylic acids is 1. The number of halogens is 4. The fourth-order valence-electron chi connectivity index (χ4n) is 5.28. The van der Waals surface area contributed by atoms with Crippen molar-refractivity contribution >= 4 is 28.6 Å². The van der Waals surface area contributed by atoms with Crippen molar-refractivity contribution in [3.05, 3.63) is 90.0 Å². The van der Waals surface area contributed by atoms with E-state index in [2.05, 4.69) is 32.1 Å². The van der Waals surface area contributed by atoms with Crippen LogP contribution < -0.4 is 15.0 Å². The molecule has 4 aromatic rings. The summed E-state index contributed by atoms with van der Waals surface area (Å²) >= 11 is 1.53. The van der Waals surface area contributed by atoms with Gasteiger partial charge in [-0.25, -0.2) is 18.9 Å². The van der Waals surface area contributed by atoms with E-state index in [0.717, 1.165) is 53.9 Å². The number of carbonyl (C=O) groups is 1. The number of hydrogen-bond acceptors (Lipinski definition) is 5. The largest absolute Gasteiger partial charge is 0.573 e. The van der Waals surface area contributed by atoms with E-state index in [1.54, 1.807) is 12.1 Å². The van der Waals surface area contributed by atoms with Crippen LogP contribution in [-0.2, 0) is 6.42 Å². The zero-order chi connectivity index (χ0) is 33.6. The second-order valence-corrected chi connectivity index (χ2v) is 12.7. The molecule has 1 N–H and O–H groups in total. The molecule has 0 bridgehead atoms. The SMILES string of the molecule is CC(CCNC(=O)/N=C1\SCCCN1c1ccc(F)cc1C(C)C)Cc1ccc(-c2ncn(-c3ccc(OC(F)(F)F)cc3)n2)cc1. The van der Waals surface area contributed by atoms with Crippen LogP contribution in [0.4, 0.5) is 28.0 Å². The minimum atomic E-state index is -4.75. The third-order valence-corrected chi connectivity index (χ3v) is 8.69. The molecule has 2 amide bonds. The molecule has 8 nitrogen and oxygen atoms in total. The van der Waals surface area contributed by atoms with E-state index >= 15 is 0 Å². The maximum atomic E-state index is 14.0. The lowest BCUT2D eigenvalue weighted by Crippen LogP contribution is -2.36. The van der Waals surface area contributed by atoms with Gasteiger partial charge in [-0.15, -0.1) is 18.3 Å². The molecule has 1 aliphatic rings. The molecule has 1 saturated heterocycles. The van der Waals surface area contributed by atoms with Gasteiger partial charge in [-0.05, 0) is 84.7 Å². The van der Waals surface area contributed by atoms with E-state index in [1.807, 2.05) is 43.0 Å². The van der Waals surface area contributed by atoms with Gasteiger partial charge in [0.15, 0.2) is 11.0 Å². The summed E-state index contributed by atoms with van der Waals surface area (Å²) in [4.78, 5) is 23.5. The van der Waals surface area contributed by atoms with Crippen LogP contribution in [-0.4, -0.2) is 51.2 Å². The lowest BCUT2D eigenvalue weighted by atomic mass is 9.97. The molecule has 5 rings (SSSR count). The minimum Gasteiger partial charge on any atom is -0.406 e. The number of aliphatic imine (C=N–C) groups is 1. The summed E-state index contributed by atoms with van der Waals surface area (Å²) in [6.07, 6.45) is -0.727. The van der Waals surface area contributed by atoms with Crippen molar-refractivity contribution in [2.24, 2.45) is 10.9 Å². The number of amidine groups is 1. The van der Waals surface area contributed by atoms with Crippen LogP contribution in [0.15, 0.2) is 78.0 Å². The summed E-state index contributed by atoms with van der Waals surface area (Å²) in [5.41, 5.74) is 4.25. The monoisotopic (exact) mass is 668 g/mol. The van der Waals surface area contributed by atoms with Gasteiger partial charge in [0, 0.05) is 30.1 Å². The number of urea groups is 1. The summed E-state index contributed by atoms with van der Waals surface area (Å²) in [6, 6.07) is 17.7. The van der Waals surface area contributed by atoms with Crippen LogP contribution in [0.5, 0.6) is 5.75 Å². The van der Waals surface area contributed by atoms with E-state index < -0.39 is 6.36 Å². The Hall–Kier alpha value is -4.39. The number of ether oxygens (including phenoxy) is 1. The highest BCUT2D eigenvalue weighted by molar-refractivity contribution is 8.14. The van der Waals surface area contributed by atoms with Crippen LogP contribution >= 0.6 is 11.8 Å². The average Bonchev–Trinajstić information content (AvgIpc) is 3.52. The lowest BCUT2D eigenvalue weighted by molar-refractivity contribution is -0.274. The predicted molar refractivity (Wildman–Crippen MR) is 177 cm³/mol. The molecule has 13 heteroatoms. The molecule has 1 aliphatic heterocycles. The highest BCUT2D eigenvalue weighted by atomic mass is 32.2. The molecule has 0 spiro atoms. The topological polar surface area (TPSA) is 84.6 Å². The molecule has 1 aromatic heterocycles. The number of amides is 2. The number of alkyl halides is 3. The number of nitrogens with zero attached hydrogens (tertiary/aromatic N) is 5. The zero-order valence-corrected chi connectivity index (χ0v) is 27.1. The van der Waals surface area contributed by atoms with Gasteiger partial charge < -0.3 is 15.0 Å². The van der Waals surface area contributed by atoms with Crippen molar-refractivity contribution < 1.29 is 27.1 Å². The fourth-order valence-corrected chi connectivity index (χ4v) is 6.22. The van der Waals surface area contributed by atoms with Crippen molar-refractivity contribution in [3.63, 3.8) is 0 Å². The maximum Gasteiger partial charge on any atom is 0.573 e. The van der Waals surface area contributed by atoms with E-state index in [9.17, 15) is 22.4 Å². The normalized spacial score (nSPS) is 15.2. The summed E-state index contributed by atoms with van der Waals surface area (Å²) in [5, 5.41) is 8.00. The molecule has 47 heavy (non-hydrogen) atoms. The summed E-state index contributed by atoms with van der Waals surface area (Å²) < 4.78 is 56.6. The van der Waals surface area contributed by atoms with Crippen molar-refractivity contribution in [1.82, 2.24) is 20.1 Å². The quantitative estimate of drug-likeness (QED) is 0.171. The molecule has 248 valence electrons. The van der Waals surface area contributed by atoms with Gasteiger partial charge in [0.25, 0.3) is 0 Å². The van der Waals surface area contributed by atoms with Crippen LogP contribution in [0.25, 0.3) is 17.1 Å². The Morgan fingerprint density at radius 3 is 2.51 bits per heavy atom. The molecule has 3 aromatic carbocycles. The summed E-state index contributed by atoms with van der Waals surface area (Å²) in [6.45, 7) is 7.37. The van der Waals surface area contributed by atoms with Gasteiger partial charge in [0.2, 0.25) is 0 Å². The number of aromatic nitrogens is 3. The second kappa shape index (κ2) is 15.0. The Balaban J connectivity index is 1.12. The van der Waals surface area contributed by atoms with E-state index in [1.165, 1.54) is 53.1 Å². The number of nitrogens with one attached hydrogen (secondary N) is 1.